The van der Waals surface area contributed by atoms with Gasteiger partial charge in [0, 0.05) is 50.4 Å². The molecule has 2 nitrogen and oxygen atoms in total. The average molecular weight is 398 g/mol. The van der Waals surface area contributed by atoms with Gasteiger partial charge in [0.05, 0.1) is 6.54 Å². The molecule has 0 amide bonds. The summed E-state index contributed by atoms with van der Waals surface area (Å²) in [6.45, 7) is 5.15. The number of halogens is 2. The molecule has 27 heavy (non-hydrogen) atoms. The van der Waals surface area contributed by atoms with Crippen molar-refractivity contribution in [2.75, 3.05) is 6.54 Å². The van der Waals surface area contributed by atoms with E-state index in [-0.39, 0.29) is 0 Å². The van der Waals surface area contributed by atoms with E-state index in [1.807, 2.05) is 18.2 Å². The number of benzene rings is 3. The molecule has 2 N–H and O–H groups in total. The molecule has 3 aromatic carbocycles. The molecule has 0 fully saturated rings. The minimum absolute atomic E-state index is 0.687. The van der Waals surface area contributed by atoms with Gasteiger partial charge in [-0.2, -0.15) is 0 Å². The Kier molecular flexibility index (Phi) is 5.40. The Bertz CT molecular complexity index is 1100. The fourth-order valence-electron chi connectivity index (χ4n) is 3.82. The molecule has 0 radical (unpaired) electrons. The van der Waals surface area contributed by atoms with Crippen LogP contribution in [0.4, 0.5) is 0 Å². The summed E-state index contributed by atoms with van der Waals surface area (Å²) in [4.78, 5) is 0. The fourth-order valence-corrected chi connectivity index (χ4v) is 4.32. The maximum Gasteiger partial charge on any atom is 0.101 e. The first-order valence-corrected chi connectivity index (χ1v) is 10.2. The number of para-hydroxylation sites is 1. The molecule has 1 heterocycles. The zero-order chi connectivity index (χ0) is 18.8. The van der Waals surface area contributed by atoms with Crippen LogP contribution in [0.5, 0.6) is 0 Å². The lowest BCUT2D eigenvalue weighted by atomic mass is 10.1. The molecule has 0 unspecified atom stereocenters. The first kappa shape index (κ1) is 18.4. The van der Waals surface area contributed by atoms with E-state index in [0.717, 1.165) is 36.6 Å². The summed E-state index contributed by atoms with van der Waals surface area (Å²) in [7, 11) is 0. The van der Waals surface area contributed by atoms with Gasteiger partial charge < -0.3 is 9.88 Å². The summed E-state index contributed by atoms with van der Waals surface area (Å²) >= 11 is 12.2. The van der Waals surface area contributed by atoms with Gasteiger partial charge in [-0.1, -0.05) is 53.5 Å². The first-order chi connectivity index (χ1) is 13.2. The van der Waals surface area contributed by atoms with E-state index >= 15 is 0 Å². The van der Waals surface area contributed by atoms with E-state index in [2.05, 4.69) is 59.3 Å². The van der Waals surface area contributed by atoms with E-state index in [0.29, 0.717) is 5.02 Å². The minimum Gasteiger partial charge on any atom is -0.342 e. The molecule has 4 aromatic rings. The van der Waals surface area contributed by atoms with Crippen LogP contribution >= 0.6 is 23.2 Å². The monoisotopic (exact) mass is 397 g/mol. The van der Waals surface area contributed by atoms with Crippen LogP contribution < -0.4 is 5.32 Å². The molecule has 0 saturated heterocycles. The van der Waals surface area contributed by atoms with E-state index < -0.39 is 0 Å². The molecule has 0 spiro atoms. The molecule has 0 aliphatic carbocycles. The lowest BCUT2D eigenvalue weighted by Gasteiger charge is -2.06. The maximum absolute atomic E-state index is 6.26. The molecule has 4 rings (SSSR count). The number of nitrogens with zero attached hydrogens (tertiary/aromatic N) is 1. The summed E-state index contributed by atoms with van der Waals surface area (Å²) < 4.78 is 2.39. The van der Waals surface area contributed by atoms with Crippen LogP contribution in [-0.2, 0) is 19.5 Å². The van der Waals surface area contributed by atoms with Gasteiger partial charge in [0.1, 0.15) is 6.54 Å². The number of hydrogen-bond acceptors (Lipinski definition) is 0. The van der Waals surface area contributed by atoms with E-state index in [1.165, 1.54) is 27.4 Å². The third-order valence-electron chi connectivity index (χ3n) is 5.17. The number of fused-ring (bicyclic) bond motifs is 3. The van der Waals surface area contributed by atoms with Crippen molar-refractivity contribution in [3.05, 3.63) is 81.8 Å². The molecule has 4 heteroatoms. The van der Waals surface area contributed by atoms with E-state index in [4.69, 9.17) is 23.2 Å². The Hall–Kier alpha value is -2.00. The van der Waals surface area contributed by atoms with Gasteiger partial charge in [-0.15, -0.1) is 0 Å². The van der Waals surface area contributed by atoms with Gasteiger partial charge in [-0.25, -0.2) is 0 Å². The molecular weight excluding hydrogens is 375 g/mol. The van der Waals surface area contributed by atoms with Gasteiger partial charge in [0.15, 0.2) is 0 Å². The van der Waals surface area contributed by atoms with E-state index in [1.54, 1.807) is 0 Å². The van der Waals surface area contributed by atoms with Crippen molar-refractivity contribution in [1.82, 2.24) is 4.57 Å². The van der Waals surface area contributed by atoms with Crippen molar-refractivity contribution in [3.63, 3.8) is 0 Å². The van der Waals surface area contributed by atoms with Crippen LogP contribution in [0.2, 0.25) is 10.0 Å². The second kappa shape index (κ2) is 7.93. The van der Waals surface area contributed by atoms with Gasteiger partial charge in [-0.3, -0.25) is 0 Å². The Morgan fingerprint density at radius 3 is 2.52 bits per heavy atom. The maximum atomic E-state index is 6.26. The van der Waals surface area contributed by atoms with Crippen molar-refractivity contribution >= 4 is 45.0 Å². The number of rotatable bonds is 6. The molecule has 138 valence electrons. The van der Waals surface area contributed by atoms with Crippen LogP contribution in [0.1, 0.15) is 18.1 Å². The van der Waals surface area contributed by atoms with Crippen molar-refractivity contribution in [3.8, 4) is 0 Å². The molecule has 0 aliphatic heterocycles. The van der Waals surface area contributed by atoms with E-state index in [9.17, 15) is 0 Å². The Morgan fingerprint density at radius 1 is 0.889 bits per heavy atom. The quantitative estimate of drug-likeness (QED) is 0.419. The van der Waals surface area contributed by atoms with Crippen molar-refractivity contribution < 1.29 is 5.32 Å². The summed E-state index contributed by atoms with van der Waals surface area (Å²) in [5.74, 6) is 0. The Morgan fingerprint density at radius 2 is 1.70 bits per heavy atom. The SMILES string of the molecule is CCn1c2ccccc2c2cc(C[NH2+]CCc3ccc(Cl)cc3Cl)ccc21. The first-order valence-electron chi connectivity index (χ1n) is 9.43. The fraction of sp³-hybridized carbons (Fsp3) is 0.217. The summed E-state index contributed by atoms with van der Waals surface area (Å²) in [5, 5.41) is 6.46. The third-order valence-corrected chi connectivity index (χ3v) is 5.75. The van der Waals surface area contributed by atoms with Crippen LogP contribution in [0, 0.1) is 0 Å². The number of nitrogens with two attached hydrogens (primary N) is 1. The molecule has 0 atom stereocenters. The van der Waals surface area contributed by atoms with Gasteiger partial charge >= 0.3 is 0 Å². The second-order valence-corrected chi connectivity index (χ2v) is 7.72. The largest absolute Gasteiger partial charge is 0.342 e. The zero-order valence-electron chi connectivity index (χ0n) is 15.4. The van der Waals surface area contributed by atoms with Crippen molar-refractivity contribution in [1.29, 1.82) is 0 Å². The Balaban J connectivity index is 1.49. The van der Waals surface area contributed by atoms with Crippen LogP contribution in [-0.4, -0.2) is 11.1 Å². The predicted octanol–water partition coefficient (Wildman–Crippen LogP) is 5.43. The van der Waals surface area contributed by atoms with Crippen molar-refractivity contribution in [2.24, 2.45) is 0 Å². The highest BCUT2D eigenvalue weighted by molar-refractivity contribution is 6.35. The standard InChI is InChI=1S/C23H22Cl2N2/c1-2-27-22-6-4-3-5-19(22)20-13-16(7-10-23(20)27)15-26-12-11-17-8-9-18(24)14-21(17)25/h3-10,13-14,26H,2,11-12,15H2,1H3/p+1. The highest BCUT2D eigenvalue weighted by Crippen LogP contribution is 2.29. The number of hydrogen-bond donors (Lipinski definition) is 1. The normalized spacial score (nSPS) is 11.5. The second-order valence-electron chi connectivity index (χ2n) is 6.88. The van der Waals surface area contributed by atoms with Crippen LogP contribution in [0.3, 0.4) is 0 Å². The topological polar surface area (TPSA) is 21.5 Å². The molecule has 0 saturated carbocycles. The lowest BCUT2D eigenvalue weighted by molar-refractivity contribution is -0.670. The number of aromatic nitrogens is 1. The summed E-state index contributed by atoms with van der Waals surface area (Å²) in [5.41, 5.74) is 5.13. The third kappa shape index (κ3) is 3.70. The Labute approximate surface area is 169 Å². The average Bonchev–Trinajstić information content (AvgIpc) is 2.99. The molecule has 0 aliphatic rings. The molecule has 0 bridgehead atoms. The number of quaternary nitrogens is 1. The molecule has 1 aromatic heterocycles. The smallest absolute Gasteiger partial charge is 0.101 e. The highest BCUT2D eigenvalue weighted by atomic mass is 35.5. The minimum atomic E-state index is 0.687. The predicted molar refractivity (Wildman–Crippen MR) is 116 cm³/mol. The van der Waals surface area contributed by atoms with Gasteiger partial charge in [0.25, 0.3) is 0 Å². The highest BCUT2D eigenvalue weighted by Gasteiger charge is 2.10. The van der Waals surface area contributed by atoms with Gasteiger partial charge in [0.2, 0.25) is 0 Å². The molecular formula is C23H23Cl2N2+. The summed E-state index contributed by atoms with van der Waals surface area (Å²) in [6.07, 6.45) is 0.938. The number of aryl methyl sites for hydroxylation is 1. The van der Waals surface area contributed by atoms with Crippen LogP contribution in [0.15, 0.2) is 60.7 Å². The summed E-state index contributed by atoms with van der Waals surface area (Å²) in [6, 6.07) is 21.3. The zero-order valence-corrected chi connectivity index (χ0v) is 16.9. The van der Waals surface area contributed by atoms with Gasteiger partial charge in [-0.05, 0) is 42.8 Å². The van der Waals surface area contributed by atoms with Crippen LogP contribution in [0.25, 0.3) is 21.8 Å². The lowest BCUT2D eigenvalue weighted by Crippen LogP contribution is -2.83. The van der Waals surface area contributed by atoms with Crippen molar-refractivity contribution in [2.45, 2.75) is 26.4 Å².